The van der Waals surface area contributed by atoms with Gasteiger partial charge < -0.3 is 10.1 Å². The summed E-state index contributed by atoms with van der Waals surface area (Å²) in [5.41, 5.74) is 0. The lowest BCUT2D eigenvalue weighted by Gasteiger charge is -2.44. The van der Waals surface area contributed by atoms with Crippen LogP contribution in [0.4, 0.5) is 0 Å². The predicted octanol–water partition coefficient (Wildman–Crippen LogP) is 0.705. The number of ether oxygens (including phenoxy) is 1. The third-order valence-electron chi connectivity index (χ3n) is 3.57. The van der Waals surface area contributed by atoms with Crippen molar-refractivity contribution in [1.29, 1.82) is 0 Å². The van der Waals surface area contributed by atoms with E-state index in [9.17, 15) is 0 Å². The predicted molar refractivity (Wildman–Crippen MR) is 57.4 cm³/mol. The Labute approximate surface area is 86.8 Å². The number of rotatable bonds is 1. The van der Waals surface area contributed by atoms with Crippen molar-refractivity contribution in [2.45, 2.75) is 32.4 Å². The van der Waals surface area contributed by atoms with Crippen molar-refractivity contribution < 1.29 is 4.74 Å². The second-order valence-electron chi connectivity index (χ2n) is 4.70. The molecular weight excluding hydrogens is 176 g/mol. The average Bonchev–Trinajstić information content (AvgIpc) is 2.20. The summed E-state index contributed by atoms with van der Waals surface area (Å²) in [5.74, 6) is 0.698. The number of piperazine rings is 1. The van der Waals surface area contributed by atoms with Crippen molar-refractivity contribution in [2.75, 3.05) is 32.8 Å². The molecule has 82 valence electrons. The molecule has 0 aromatic carbocycles. The second-order valence-corrected chi connectivity index (χ2v) is 4.70. The Hall–Kier alpha value is -0.120. The Balaban J connectivity index is 1.96. The zero-order valence-corrected chi connectivity index (χ0v) is 9.33. The van der Waals surface area contributed by atoms with Gasteiger partial charge in [-0.05, 0) is 19.3 Å². The number of hydrogen-bond acceptors (Lipinski definition) is 3. The fraction of sp³-hybridized carbons (Fsp3) is 1.00. The molecule has 2 aliphatic heterocycles. The first-order chi connectivity index (χ1) is 6.79. The van der Waals surface area contributed by atoms with Crippen LogP contribution in [0.15, 0.2) is 0 Å². The maximum atomic E-state index is 5.50. The van der Waals surface area contributed by atoms with E-state index in [0.29, 0.717) is 12.0 Å². The van der Waals surface area contributed by atoms with E-state index < -0.39 is 0 Å². The van der Waals surface area contributed by atoms with Crippen molar-refractivity contribution in [3.05, 3.63) is 0 Å². The highest BCUT2D eigenvalue weighted by atomic mass is 16.5. The SMILES string of the molecule is CC1COCCC1N1CCNCC1C. The first-order valence-corrected chi connectivity index (χ1v) is 5.83. The lowest BCUT2D eigenvalue weighted by molar-refractivity contribution is -0.0240. The van der Waals surface area contributed by atoms with Crippen molar-refractivity contribution in [2.24, 2.45) is 5.92 Å². The van der Waals surface area contributed by atoms with Crippen LogP contribution in [0.2, 0.25) is 0 Å². The molecule has 0 bridgehead atoms. The summed E-state index contributed by atoms with van der Waals surface area (Å²) in [6.07, 6.45) is 1.21. The summed E-state index contributed by atoms with van der Waals surface area (Å²) in [7, 11) is 0. The van der Waals surface area contributed by atoms with Crippen LogP contribution in [-0.2, 0) is 4.74 Å². The zero-order valence-electron chi connectivity index (χ0n) is 9.33. The van der Waals surface area contributed by atoms with Gasteiger partial charge in [0.15, 0.2) is 0 Å². The molecular formula is C11H22N2O. The van der Waals surface area contributed by atoms with E-state index in [1.54, 1.807) is 0 Å². The molecule has 2 aliphatic rings. The van der Waals surface area contributed by atoms with Gasteiger partial charge in [-0.1, -0.05) is 6.92 Å². The molecule has 3 heteroatoms. The van der Waals surface area contributed by atoms with Crippen LogP contribution in [0.25, 0.3) is 0 Å². The highest BCUT2D eigenvalue weighted by Gasteiger charge is 2.31. The highest BCUT2D eigenvalue weighted by molar-refractivity contribution is 4.86. The average molecular weight is 198 g/mol. The van der Waals surface area contributed by atoms with Crippen LogP contribution < -0.4 is 5.32 Å². The maximum absolute atomic E-state index is 5.50. The molecule has 2 heterocycles. The van der Waals surface area contributed by atoms with E-state index in [-0.39, 0.29) is 0 Å². The molecule has 0 aliphatic carbocycles. The monoisotopic (exact) mass is 198 g/mol. The summed E-state index contributed by atoms with van der Waals surface area (Å²) < 4.78 is 5.50. The fourth-order valence-electron chi connectivity index (χ4n) is 2.71. The number of nitrogens with one attached hydrogen (secondary N) is 1. The third-order valence-corrected chi connectivity index (χ3v) is 3.57. The van der Waals surface area contributed by atoms with Gasteiger partial charge >= 0.3 is 0 Å². The van der Waals surface area contributed by atoms with Gasteiger partial charge in [0, 0.05) is 38.3 Å². The minimum Gasteiger partial charge on any atom is -0.381 e. The molecule has 3 unspecified atom stereocenters. The molecule has 3 atom stereocenters. The zero-order chi connectivity index (χ0) is 9.97. The van der Waals surface area contributed by atoms with E-state index in [2.05, 4.69) is 24.1 Å². The van der Waals surface area contributed by atoms with Gasteiger partial charge in [0.25, 0.3) is 0 Å². The molecule has 0 saturated carbocycles. The molecule has 0 radical (unpaired) electrons. The molecule has 0 aromatic heterocycles. The fourth-order valence-corrected chi connectivity index (χ4v) is 2.71. The van der Waals surface area contributed by atoms with Gasteiger partial charge in [-0.25, -0.2) is 0 Å². The highest BCUT2D eigenvalue weighted by Crippen LogP contribution is 2.22. The van der Waals surface area contributed by atoms with Crippen LogP contribution in [0.3, 0.4) is 0 Å². The molecule has 1 N–H and O–H groups in total. The van der Waals surface area contributed by atoms with Crippen LogP contribution in [0.1, 0.15) is 20.3 Å². The summed E-state index contributed by atoms with van der Waals surface area (Å²) in [4.78, 5) is 2.67. The van der Waals surface area contributed by atoms with Crippen LogP contribution in [-0.4, -0.2) is 49.8 Å². The number of hydrogen-bond donors (Lipinski definition) is 1. The summed E-state index contributed by atoms with van der Waals surface area (Å²) in [6, 6.07) is 1.44. The minimum absolute atomic E-state index is 0.689. The standard InChI is InChI=1S/C11H22N2O/c1-9-8-14-6-3-11(9)13-5-4-12-7-10(13)2/h9-12H,3-8H2,1-2H3. The maximum Gasteiger partial charge on any atom is 0.0506 e. The third kappa shape index (κ3) is 2.10. The molecule has 2 fully saturated rings. The van der Waals surface area contributed by atoms with Gasteiger partial charge in [-0.15, -0.1) is 0 Å². The molecule has 0 spiro atoms. The Kier molecular flexibility index (Phi) is 3.42. The Morgan fingerprint density at radius 1 is 1.36 bits per heavy atom. The van der Waals surface area contributed by atoms with E-state index in [1.165, 1.54) is 13.0 Å². The first kappa shape index (κ1) is 10.4. The summed E-state index contributed by atoms with van der Waals surface area (Å²) in [6.45, 7) is 10.0. The lowest BCUT2D eigenvalue weighted by atomic mass is 9.94. The van der Waals surface area contributed by atoms with Crippen molar-refractivity contribution in [1.82, 2.24) is 10.2 Å². The van der Waals surface area contributed by atoms with Gasteiger partial charge in [-0.2, -0.15) is 0 Å². The van der Waals surface area contributed by atoms with Crippen molar-refractivity contribution in [3.8, 4) is 0 Å². The quantitative estimate of drug-likeness (QED) is 0.671. The molecule has 14 heavy (non-hydrogen) atoms. The van der Waals surface area contributed by atoms with E-state index >= 15 is 0 Å². The van der Waals surface area contributed by atoms with E-state index in [4.69, 9.17) is 4.74 Å². The van der Waals surface area contributed by atoms with Gasteiger partial charge in [0.1, 0.15) is 0 Å². The van der Waals surface area contributed by atoms with Gasteiger partial charge in [0.2, 0.25) is 0 Å². The Morgan fingerprint density at radius 3 is 2.93 bits per heavy atom. The summed E-state index contributed by atoms with van der Waals surface area (Å²) >= 11 is 0. The van der Waals surface area contributed by atoms with Crippen molar-refractivity contribution >= 4 is 0 Å². The largest absolute Gasteiger partial charge is 0.381 e. The van der Waals surface area contributed by atoms with Crippen LogP contribution in [0.5, 0.6) is 0 Å². The smallest absolute Gasteiger partial charge is 0.0506 e. The lowest BCUT2D eigenvalue weighted by Crippen LogP contribution is -2.57. The van der Waals surface area contributed by atoms with Crippen LogP contribution >= 0.6 is 0 Å². The molecule has 0 amide bonds. The Bertz CT molecular complexity index is 166. The van der Waals surface area contributed by atoms with Gasteiger partial charge in [-0.3, -0.25) is 4.90 Å². The molecule has 2 rings (SSSR count). The summed E-state index contributed by atoms with van der Waals surface area (Å²) in [5, 5.41) is 3.45. The molecule has 3 nitrogen and oxygen atoms in total. The van der Waals surface area contributed by atoms with Crippen LogP contribution in [0, 0.1) is 5.92 Å². The molecule has 2 saturated heterocycles. The Morgan fingerprint density at radius 2 is 2.21 bits per heavy atom. The van der Waals surface area contributed by atoms with Gasteiger partial charge in [0.05, 0.1) is 6.61 Å². The second kappa shape index (κ2) is 4.60. The van der Waals surface area contributed by atoms with E-state index in [0.717, 1.165) is 32.3 Å². The normalized spacial score (nSPS) is 41.1. The number of nitrogens with zero attached hydrogens (tertiary/aromatic N) is 1. The molecule has 0 aromatic rings. The van der Waals surface area contributed by atoms with E-state index in [1.807, 2.05) is 0 Å². The topological polar surface area (TPSA) is 24.5 Å². The first-order valence-electron chi connectivity index (χ1n) is 5.83. The van der Waals surface area contributed by atoms with Crippen molar-refractivity contribution in [3.63, 3.8) is 0 Å². The minimum atomic E-state index is 0.689.